The maximum Gasteiger partial charge on any atom is 0.0125 e. The van der Waals surface area contributed by atoms with Gasteiger partial charge in [0.05, 0.1) is 0 Å². The van der Waals surface area contributed by atoms with E-state index in [4.69, 9.17) is 5.73 Å². The molecule has 0 aromatic rings. The molecule has 0 bridgehead atoms. The first-order valence-corrected chi connectivity index (χ1v) is 6.00. The third-order valence-corrected chi connectivity index (χ3v) is 4.00. The fourth-order valence-electron chi connectivity index (χ4n) is 2.70. The summed E-state index contributed by atoms with van der Waals surface area (Å²) in [5, 5.41) is 0. The van der Waals surface area contributed by atoms with E-state index in [0.29, 0.717) is 5.41 Å². The minimum Gasteiger partial charge on any atom is -0.325 e. The lowest BCUT2D eigenvalue weighted by molar-refractivity contribution is 0.121. The Hall–Kier alpha value is -0.0400. The summed E-state index contributed by atoms with van der Waals surface area (Å²) in [5.74, 6) is 1.64. The van der Waals surface area contributed by atoms with Crippen LogP contribution in [0.3, 0.4) is 0 Å². The Bertz CT molecular complexity index is 152. The second-order valence-corrected chi connectivity index (χ2v) is 6.74. The van der Waals surface area contributed by atoms with Gasteiger partial charge in [-0.2, -0.15) is 0 Å². The number of hydrogen-bond donors (Lipinski definition) is 1. The highest BCUT2D eigenvalue weighted by molar-refractivity contribution is 4.88. The average Bonchev–Trinajstić information content (AvgIpc) is 2.01. The number of rotatable bonds is 1. The van der Waals surface area contributed by atoms with Gasteiger partial charge in [-0.3, -0.25) is 0 Å². The molecule has 0 unspecified atom stereocenters. The molecule has 0 heterocycles. The van der Waals surface area contributed by atoms with Crippen LogP contribution in [0.4, 0.5) is 0 Å². The molecule has 1 heteroatoms. The first kappa shape index (κ1) is 12.0. The first-order chi connectivity index (χ1) is 6.21. The van der Waals surface area contributed by atoms with Crippen LogP contribution in [0.25, 0.3) is 0 Å². The SMILES string of the molecule is CC(C)(C)C1CCC(C(C)(C)N)CC1. The van der Waals surface area contributed by atoms with E-state index in [1.165, 1.54) is 25.7 Å². The van der Waals surface area contributed by atoms with Crippen molar-refractivity contribution in [1.29, 1.82) is 0 Å². The number of hydrogen-bond acceptors (Lipinski definition) is 1. The second-order valence-electron chi connectivity index (χ2n) is 6.74. The van der Waals surface area contributed by atoms with E-state index in [0.717, 1.165) is 11.8 Å². The molecule has 0 radical (unpaired) electrons. The predicted octanol–water partition coefficient (Wildman–Crippen LogP) is 3.58. The topological polar surface area (TPSA) is 26.0 Å². The molecule has 1 fully saturated rings. The summed E-state index contributed by atoms with van der Waals surface area (Å²) in [7, 11) is 0. The van der Waals surface area contributed by atoms with Crippen LogP contribution in [0, 0.1) is 17.3 Å². The van der Waals surface area contributed by atoms with Gasteiger partial charge in [-0.05, 0) is 56.8 Å². The molecule has 2 N–H and O–H groups in total. The van der Waals surface area contributed by atoms with Crippen LogP contribution in [-0.4, -0.2) is 5.54 Å². The summed E-state index contributed by atoms with van der Waals surface area (Å²) in [6.45, 7) is 11.5. The van der Waals surface area contributed by atoms with Gasteiger partial charge in [0.2, 0.25) is 0 Å². The second kappa shape index (κ2) is 3.84. The molecule has 84 valence electrons. The fraction of sp³-hybridized carbons (Fsp3) is 1.00. The van der Waals surface area contributed by atoms with Gasteiger partial charge in [0, 0.05) is 5.54 Å². The summed E-state index contributed by atoms with van der Waals surface area (Å²) >= 11 is 0. The molecule has 1 nitrogen and oxygen atoms in total. The highest BCUT2D eigenvalue weighted by Crippen LogP contribution is 2.42. The molecule has 0 amide bonds. The van der Waals surface area contributed by atoms with Gasteiger partial charge in [-0.15, -0.1) is 0 Å². The lowest BCUT2D eigenvalue weighted by Crippen LogP contribution is -2.43. The highest BCUT2D eigenvalue weighted by atomic mass is 14.7. The summed E-state index contributed by atoms with van der Waals surface area (Å²) < 4.78 is 0. The van der Waals surface area contributed by atoms with Crippen molar-refractivity contribution in [2.75, 3.05) is 0 Å². The fourth-order valence-corrected chi connectivity index (χ4v) is 2.70. The van der Waals surface area contributed by atoms with Gasteiger partial charge in [0.15, 0.2) is 0 Å². The quantitative estimate of drug-likeness (QED) is 0.683. The standard InChI is InChI=1S/C13H27N/c1-12(2,3)10-6-8-11(9-7-10)13(4,5)14/h10-11H,6-9,14H2,1-5H3. The van der Waals surface area contributed by atoms with Gasteiger partial charge in [-0.25, -0.2) is 0 Å². The Labute approximate surface area is 89.5 Å². The van der Waals surface area contributed by atoms with Crippen molar-refractivity contribution in [3.63, 3.8) is 0 Å². The minimum absolute atomic E-state index is 0.0306. The Morgan fingerprint density at radius 3 is 1.43 bits per heavy atom. The first-order valence-electron chi connectivity index (χ1n) is 6.00. The largest absolute Gasteiger partial charge is 0.325 e. The van der Waals surface area contributed by atoms with Crippen LogP contribution in [0.1, 0.15) is 60.3 Å². The molecule has 1 rings (SSSR count). The van der Waals surface area contributed by atoms with E-state index in [2.05, 4.69) is 34.6 Å². The van der Waals surface area contributed by atoms with Crippen molar-refractivity contribution in [2.45, 2.75) is 65.8 Å². The van der Waals surface area contributed by atoms with Gasteiger partial charge >= 0.3 is 0 Å². The summed E-state index contributed by atoms with van der Waals surface area (Å²) in [4.78, 5) is 0. The molecule has 1 aliphatic rings. The monoisotopic (exact) mass is 197 g/mol. The maximum absolute atomic E-state index is 6.16. The van der Waals surface area contributed by atoms with Crippen molar-refractivity contribution < 1.29 is 0 Å². The smallest absolute Gasteiger partial charge is 0.0125 e. The summed E-state index contributed by atoms with van der Waals surface area (Å²) in [6, 6.07) is 0. The molecule has 0 aliphatic heterocycles. The minimum atomic E-state index is 0.0306. The highest BCUT2D eigenvalue weighted by Gasteiger charge is 2.34. The average molecular weight is 197 g/mol. The van der Waals surface area contributed by atoms with E-state index in [9.17, 15) is 0 Å². The van der Waals surface area contributed by atoms with Gasteiger partial charge in [0.25, 0.3) is 0 Å². The van der Waals surface area contributed by atoms with E-state index in [-0.39, 0.29) is 5.54 Å². The van der Waals surface area contributed by atoms with Crippen LogP contribution in [-0.2, 0) is 0 Å². The van der Waals surface area contributed by atoms with Crippen LogP contribution in [0.5, 0.6) is 0 Å². The van der Waals surface area contributed by atoms with E-state index in [1.54, 1.807) is 0 Å². The van der Waals surface area contributed by atoms with Crippen molar-refractivity contribution in [2.24, 2.45) is 23.0 Å². The normalized spacial score (nSPS) is 30.4. The van der Waals surface area contributed by atoms with Crippen LogP contribution >= 0.6 is 0 Å². The van der Waals surface area contributed by atoms with Crippen molar-refractivity contribution in [1.82, 2.24) is 0 Å². The zero-order chi connectivity index (χ0) is 11.0. The van der Waals surface area contributed by atoms with Gasteiger partial charge < -0.3 is 5.73 Å². The molecule has 0 atom stereocenters. The molecule has 0 aromatic carbocycles. The Kier molecular flexibility index (Phi) is 3.30. The molecule has 0 spiro atoms. The third kappa shape index (κ3) is 2.98. The van der Waals surface area contributed by atoms with Gasteiger partial charge in [0.1, 0.15) is 0 Å². The van der Waals surface area contributed by atoms with Crippen molar-refractivity contribution >= 4 is 0 Å². The van der Waals surface area contributed by atoms with Crippen LogP contribution in [0.15, 0.2) is 0 Å². The van der Waals surface area contributed by atoms with Crippen molar-refractivity contribution in [3.8, 4) is 0 Å². The molecular weight excluding hydrogens is 170 g/mol. The Morgan fingerprint density at radius 2 is 1.14 bits per heavy atom. The summed E-state index contributed by atoms with van der Waals surface area (Å²) in [5.41, 5.74) is 6.69. The molecule has 0 saturated heterocycles. The zero-order valence-corrected chi connectivity index (χ0v) is 10.6. The molecule has 1 aliphatic carbocycles. The van der Waals surface area contributed by atoms with Gasteiger partial charge in [-0.1, -0.05) is 20.8 Å². The molecule has 14 heavy (non-hydrogen) atoms. The summed E-state index contributed by atoms with van der Waals surface area (Å²) in [6.07, 6.45) is 5.39. The molecule has 0 aromatic heterocycles. The Morgan fingerprint density at radius 1 is 0.786 bits per heavy atom. The van der Waals surface area contributed by atoms with E-state index < -0.39 is 0 Å². The Balaban J connectivity index is 2.47. The molecule has 1 saturated carbocycles. The maximum atomic E-state index is 6.16. The van der Waals surface area contributed by atoms with E-state index in [1.807, 2.05) is 0 Å². The molecular formula is C13H27N. The van der Waals surface area contributed by atoms with E-state index >= 15 is 0 Å². The van der Waals surface area contributed by atoms with Crippen molar-refractivity contribution in [3.05, 3.63) is 0 Å². The zero-order valence-electron chi connectivity index (χ0n) is 10.6. The van der Waals surface area contributed by atoms with Crippen LogP contribution < -0.4 is 5.73 Å². The lowest BCUT2D eigenvalue weighted by Gasteiger charge is -2.41. The third-order valence-electron chi connectivity index (χ3n) is 4.00. The predicted molar refractivity (Wildman–Crippen MR) is 63.2 cm³/mol. The number of nitrogens with two attached hydrogens (primary N) is 1. The van der Waals surface area contributed by atoms with Crippen LogP contribution in [0.2, 0.25) is 0 Å². The lowest BCUT2D eigenvalue weighted by atomic mass is 9.66.